The zero-order valence-electron chi connectivity index (χ0n) is 16.3. The van der Waals surface area contributed by atoms with Crippen LogP contribution in [0.2, 0.25) is 0 Å². The van der Waals surface area contributed by atoms with E-state index in [0.717, 1.165) is 27.6 Å². The summed E-state index contributed by atoms with van der Waals surface area (Å²) in [6.07, 6.45) is 1.70. The van der Waals surface area contributed by atoms with Gasteiger partial charge in [0.25, 0.3) is 0 Å². The highest BCUT2D eigenvalue weighted by molar-refractivity contribution is 7.13. The van der Waals surface area contributed by atoms with Crippen LogP contribution in [0.1, 0.15) is 23.1 Å². The molecule has 4 aromatic rings. The highest BCUT2D eigenvalue weighted by Gasteiger charge is 2.17. The molecular weight excluding hydrogens is 384 g/mol. The molecule has 0 saturated carbocycles. The molecule has 0 aliphatic rings. The summed E-state index contributed by atoms with van der Waals surface area (Å²) >= 11 is 1.61. The van der Waals surface area contributed by atoms with E-state index < -0.39 is 0 Å². The molecule has 29 heavy (non-hydrogen) atoms. The van der Waals surface area contributed by atoms with Crippen LogP contribution in [0.5, 0.6) is 11.5 Å². The van der Waals surface area contributed by atoms with Gasteiger partial charge in [0.2, 0.25) is 0 Å². The largest absolute Gasteiger partial charge is 0.493 e. The van der Waals surface area contributed by atoms with Crippen LogP contribution in [0, 0.1) is 0 Å². The van der Waals surface area contributed by atoms with Gasteiger partial charge in [0.1, 0.15) is 10.8 Å². The van der Waals surface area contributed by atoms with Gasteiger partial charge in [-0.25, -0.2) is 4.98 Å². The van der Waals surface area contributed by atoms with Crippen molar-refractivity contribution in [2.45, 2.75) is 12.6 Å². The molecule has 0 spiro atoms. The van der Waals surface area contributed by atoms with Crippen LogP contribution in [0.15, 0.2) is 76.7 Å². The van der Waals surface area contributed by atoms with Crippen LogP contribution in [0.4, 0.5) is 0 Å². The number of benzene rings is 2. The lowest BCUT2D eigenvalue weighted by Crippen LogP contribution is -2.21. The summed E-state index contributed by atoms with van der Waals surface area (Å²) in [5.41, 5.74) is 3.13. The maximum absolute atomic E-state index is 5.65. The van der Waals surface area contributed by atoms with E-state index >= 15 is 0 Å². The van der Waals surface area contributed by atoms with Crippen molar-refractivity contribution in [3.63, 3.8) is 0 Å². The van der Waals surface area contributed by atoms with Gasteiger partial charge < -0.3 is 13.9 Å². The SMILES string of the molecule is COc1ccc(-c2nc(CN[C@H](c3ccccc3)c3ccco3)cs2)cc1OC. The summed E-state index contributed by atoms with van der Waals surface area (Å²) in [7, 11) is 3.27. The number of nitrogens with zero attached hydrogens (tertiary/aromatic N) is 1. The van der Waals surface area contributed by atoms with Crippen LogP contribution in [0.25, 0.3) is 10.6 Å². The van der Waals surface area contributed by atoms with Crippen LogP contribution in [-0.2, 0) is 6.54 Å². The number of thiazole rings is 1. The minimum atomic E-state index is -0.0302. The minimum absolute atomic E-state index is 0.0302. The fourth-order valence-electron chi connectivity index (χ4n) is 3.18. The second-order valence-electron chi connectivity index (χ2n) is 6.45. The summed E-state index contributed by atoms with van der Waals surface area (Å²) in [5, 5.41) is 6.58. The number of hydrogen-bond donors (Lipinski definition) is 1. The van der Waals surface area contributed by atoms with Crippen LogP contribution < -0.4 is 14.8 Å². The van der Waals surface area contributed by atoms with Crippen molar-refractivity contribution < 1.29 is 13.9 Å². The fourth-order valence-corrected chi connectivity index (χ4v) is 4.00. The maximum atomic E-state index is 5.65. The van der Waals surface area contributed by atoms with Crippen molar-refractivity contribution in [1.82, 2.24) is 10.3 Å². The number of furan rings is 1. The molecule has 0 fully saturated rings. The third kappa shape index (κ3) is 4.34. The Labute approximate surface area is 173 Å². The molecule has 5 nitrogen and oxygen atoms in total. The van der Waals surface area contributed by atoms with E-state index in [4.69, 9.17) is 18.9 Å². The lowest BCUT2D eigenvalue weighted by Gasteiger charge is -2.16. The molecule has 2 heterocycles. The monoisotopic (exact) mass is 406 g/mol. The molecule has 0 bridgehead atoms. The van der Waals surface area contributed by atoms with Crippen molar-refractivity contribution in [3.05, 3.63) is 89.3 Å². The van der Waals surface area contributed by atoms with E-state index in [1.807, 2.05) is 48.5 Å². The molecule has 1 atom stereocenters. The normalized spacial score (nSPS) is 11.9. The van der Waals surface area contributed by atoms with Gasteiger partial charge >= 0.3 is 0 Å². The summed E-state index contributed by atoms with van der Waals surface area (Å²) in [5.74, 6) is 2.28. The molecule has 2 aromatic heterocycles. The quantitative estimate of drug-likeness (QED) is 0.430. The number of ether oxygens (including phenoxy) is 2. The first-order valence-electron chi connectivity index (χ1n) is 9.27. The summed E-state index contributed by atoms with van der Waals surface area (Å²) < 4.78 is 16.4. The van der Waals surface area contributed by atoms with Gasteiger partial charge in [0.15, 0.2) is 11.5 Å². The van der Waals surface area contributed by atoms with E-state index in [9.17, 15) is 0 Å². The first kappa shape index (κ1) is 19.2. The van der Waals surface area contributed by atoms with Gasteiger partial charge in [-0.05, 0) is 35.9 Å². The Morgan fingerprint density at radius 2 is 1.83 bits per heavy atom. The molecular formula is C23H22N2O3S. The van der Waals surface area contributed by atoms with Crippen molar-refractivity contribution in [2.75, 3.05) is 14.2 Å². The van der Waals surface area contributed by atoms with Gasteiger partial charge in [0.05, 0.1) is 32.2 Å². The molecule has 0 aliphatic carbocycles. The number of rotatable bonds is 8. The first-order chi connectivity index (χ1) is 14.3. The zero-order valence-corrected chi connectivity index (χ0v) is 17.1. The Kier molecular flexibility index (Phi) is 5.93. The first-order valence-corrected chi connectivity index (χ1v) is 10.1. The molecule has 6 heteroatoms. The number of methoxy groups -OCH3 is 2. The van der Waals surface area contributed by atoms with Crippen molar-refractivity contribution in [2.24, 2.45) is 0 Å². The van der Waals surface area contributed by atoms with E-state index in [1.165, 1.54) is 0 Å². The van der Waals surface area contributed by atoms with Crippen LogP contribution in [-0.4, -0.2) is 19.2 Å². The molecule has 2 aromatic carbocycles. The second-order valence-corrected chi connectivity index (χ2v) is 7.31. The number of nitrogens with one attached hydrogen (secondary N) is 1. The number of aromatic nitrogens is 1. The van der Waals surface area contributed by atoms with Gasteiger partial charge in [-0.15, -0.1) is 11.3 Å². The maximum Gasteiger partial charge on any atom is 0.161 e. The summed E-state index contributed by atoms with van der Waals surface area (Å²) in [4.78, 5) is 4.79. The molecule has 4 rings (SSSR count). The van der Waals surface area contributed by atoms with Crippen LogP contribution >= 0.6 is 11.3 Å². The van der Waals surface area contributed by atoms with Gasteiger partial charge in [-0.1, -0.05) is 30.3 Å². The average Bonchev–Trinajstić information content (AvgIpc) is 3.47. The Morgan fingerprint density at radius 1 is 1.00 bits per heavy atom. The molecule has 0 radical (unpaired) electrons. The lowest BCUT2D eigenvalue weighted by atomic mass is 10.0. The Bertz CT molecular complexity index is 1050. The fraction of sp³-hybridized carbons (Fsp3) is 0.174. The number of hydrogen-bond acceptors (Lipinski definition) is 6. The predicted molar refractivity (Wildman–Crippen MR) is 114 cm³/mol. The average molecular weight is 407 g/mol. The zero-order chi connectivity index (χ0) is 20.1. The van der Waals surface area contributed by atoms with E-state index in [0.29, 0.717) is 18.0 Å². The van der Waals surface area contributed by atoms with Crippen molar-refractivity contribution in [1.29, 1.82) is 0 Å². The van der Waals surface area contributed by atoms with E-state index in [2.05, 4.69) is 22.8 Å². The Hall–Kier alpha value is -3.09. The smallest absolute Gasteiger partial charge is 0.161 e. The van der Waals surface area contributed by atoms with E-state index in [1.54, 1.807) is 31.8 Å². The molecule has 0 unspecified atom stereocenters. The standard InChI is InChI=1S/C23H22N2O3S/c1-26-19-11-10-17(13-21(19)27-2)23-25-18(15-29-23)14-24-22(20-9-6-12-28-20)16-7-4-3-5-8-16/h3-13,15,22,24H,14H2,1-2H3/t22-/m1/s1. The second kappa shape index (κ2) is 8.94. The lowest BCUT2D eigenvalue weighted by molar-refractivity contribution is 0.355. The highest BCUT2D eigenvalue weighted by atomic mass is 32.1. The molecule has 0 saturated heterocycles. The van der Waals surface area contributed by atoms with Crippen molar-refractivity contribution in [3.8, 4) is 22.1 Å². The third-order valence-corrected chi connectivity index (χ3v) is 5.57. The predicted octanol–water partition coefficient (Wildman–Crippen LogP) is 5.30. The molecule has 148 valence electrons. The molecule has 0 aliphatic heterocycles. The Morgan fingerprint density at radius 3 is 2.55 bits per heavy atom. The van der Waals surface area contributed by atoms with Gasteiger partial charge in [0, 0.05) is 17.5 Å². The Balaban J connectivity index is 1.51. The van der Waals surface area contributed by atoms with Crippen LogP contribution in [0.3, 0.4) is 0 Å². The third-order valence-electron chi connectivity index (χ3n) is 4.63. The highest BCUT2D eigenvalue weighted by Crippen LogP contribution is 2.33. The van der Waals surface area contributed by atoms with Gasteiger partial charge in [-0.3, -0.25) is 5.32 Å². The molecule has 0 amide bonds. The molecule has 1 N–H and O–H groups in total. The van der Waals surface area contributed by atoms with E-state index in [-0.39, 0.29) is 6.04 Å². The summed E-state index contributed by atoms with van der Waals surface area (Å²) in [6.45, 7) is 0.629. The summed E-state index contributed by atoms with van der Waals surface area (Å²) in [6, 6.07) is 20.0. The minimum Gasteiger partial charge on any atom is -0.493 e. The topological polar surface area (TPSA) is 56.5 Å². The van der Waals surface area contributed by atoms with Crippen molar-refractivity contribution >= 4 is 11.3 Å². The van der Waals surface area contributed by atoms with Gasteiger partial charge in [-0.2, -0.15) is 0 Å².